The van der Waals surface area contributed by atoms with Gasteiger partial charge in [0.2, 0.25) is 0 Å². The molecule has 0 amide bonds. The lowest BCUT2D eigenvalue weighted by molar-refractivity contribution is 0.283. The van der Waals surface area contributed by atoms with E-state index in [0.29, 0.717) is 5.75 Å². The van der Waals surface area contributed by atoms with Gasteiger partial charge in [-0.25, -0.2) is 4.39 Å². The Morgan fingerprint density at radius 2 is 2.31 bits per heavy atom. The minimum atomic E-state index is -0.526. The molecule has 1 aromatic carbocycles. The van der Waals surface area contributed by atoms with E-state index >= 15 is 0 Å². The minimum Gasteiger partial charge on any atom is -0.483 e. The van der Waals surface area contributed by atoms with Gasteiger partial charge in [0.15, 0.2) is 6.10 Å². The molecule has 3 nitrogen and oxygen atoms in total. The number of hydrogen-bond acceptors (Lipinski definition) is 2. The van der Waals surface area contributed by atoms with Gasteiger partial charge >= 0.3 is 0 Å². The third-order valence-corrected chi connectivity index (χ3v) is 1.55. The van der Waals surface area contributed by atoms with Gasteiger partial charge in [-0.1, -0.05) is 6.07 Å². The van der Waals surface area contributed by atoms with Gasteiger partial charge in [-0.3, -0.25) is 5.41 Å². The highest BCUT2D eigenvalue weighted by Gasteiger charge is 2.06. The molecule has 1 atom stereocenters. The van der Waals surface area contributed by atoms with E-state index < -0.39 is 6.10 Å². The van der Waals surface area contributed by atoms with Gasteiger partial charge in [-0.15, -0.1) is 0 Å². The van der Waals surface area contributed by atoms with Gasteiger partial charge in [-0.2, -0.15) is 0 Å². The van der Waals surface area contributed by atoms with Gasteiger partial charge in [0.25, 0.3) is 0 Å². The molecule has 1 rings (SSSR count). The summed E-state index contributed by atoms with van der Waals surface area (Å²) < 4.78 is 17.8. The summed E-state index contributed by atoms with van der Waals surface area (Å²) in [5.41, 5.74) is 5.19. The predicted octanol–water partition coefficient (Wildman–Crippen LogP) is 1.53. The van der Waals surface area contributed by atoms with Crippen molar-refractivity contribution in [1.29, 1.82) is 5.41 Å². The molecule has 3 N–H and O–H groups in total. The summed E-state index contributed by atoms with van der Waals surface area (Å²) >= 11 is 0. The van der Waals surface area contributed by atoms with Gasteiger partial charge in [0, 0.05) is 6.07 Å². The Labute approximate surface area is 75.8 Å². The second kappa shape index (κ2) is 3.89. The van der Waals surface area contributed by atoms with Crippen molar-refractivity contribution in [3.8, 4) is 5.75 Å². The molecule has 0 aliphatic rings. The number of halogens is 1. The first-order chi connectivity index (χ1) is 6.09. The molecule has 0 radical (unpaired) electrons. The highest BCUT2D eigenvalue weighted by atomic mass is 19.1. The minimum absolute atomic E-state index is 0.0794. The van der Waals surface area contributed by atoms with Crippen LogP contribution in [0.3, 0.4) is 0 Å². The van der Waals surface area contributed by atoms with Gasteiger partial charge < -0.3 is 10.5 Å². The van der Waals surface area contributed by atoms with E-state index in [-0.39, 0.29) is 11.7 Å². The van der Waals surface area contributed by atoms with Crippen LogP contribution < -0.4 is 10.5 Å². The molecule has 0 aliphatic heterocycles. The van der Waals surface area contributed by atoms with Crippen LogP contribution in [-0.2, 0) is 0 Å². The first kappa shape index (κ1) is 9.51. The second-order valence-electron chi connectivity index (χ2n) is 2.67. The van der Waals surface area contributed by atoms with E-state index in [9.17, 15) is 4.39 Å². The fourth-order valence-electron chi connectivity index (χ4n) is 0.808. The Hall–Kier alpha value is -1.58. The van der Waals surface area contributed by atoms with Crippen molar-refractivity contribution in [2.45, 2.75) is 13.0 Å². The Morgan fingerprint density at radius 3 is 2.85 bits per heavy atom. The average Bonchev–Trinajstić information content (AvgIpc) is 2.04. The zero-order valence-electron chi connectivity index (χ0n) is 7.25. The summed E-state index contributed by atoms with van der Waals surface area (Å²) in [7, 11) is 0. The fraction of sp³-hybridized carbons (Fsp3) is 0.222. The lowest BCUT2D eigenvalue weighted by Crippen LogP contribution is -2.29. The zero-order valence-corrected chi connectivity index (χ0v) is 7.25. The van der Waals surface area contributed by atoms with Crippen molar-refractivity contribution in [3.63, 3.8) is 0 Å². The molecule has 13 heavy (non-hydrogen) atoms. The summed E-state index contributed by atoms with van der Waals surface area (Å²) in [6.07, 6.45) is -0.526. The van der Waals surface area contributed by atoms with E-state index in [1.807, 2.05) is 0 Å². The van der Waals surface area contributed by atoms with Crippen LogP contribution in [0.2, 0.25) is 0 Å². The highest BCUT2D eigenvalue weighted by molar-refractivity contribution is 5.81. The van der Waals surface area contributed by atoms with Crippen LogP contribution in [0.15, 0.2) is 24.3 Å². The highest BCUT2D eigenvalue weighted by Crippen LogP contribution is 2.13. The third-order valence-electron chi connectivity index (χ3n) is 1.55. The molecule has 0 fully saturated rings. The average molecular weight is 182 g/mol. The Kier molecular flexibility index (Phi) is 2.84. The quantitative estimate of drug-likeness (QED) is 0.550. The number of rotatable bonds is 3. The molecule has 4 heteroatoms. The molecule has 1 aromatic rings. The molecule has 0 saturated carbocycles. The van der Waals surface area contributed by atoms with Crippen LogP contribution in [-0.4, -0.2) is 11.9 Å². The summed E-state index contributed by atoms with van der Waals surface area (Å²) in [6, 6.07) is 5.73. The van der Waals surface area contributed by atoms with Crippen molar-refractivity contribution >= 4 is 5.84 Å². The van der Waals surface area contributed by atoms with Crippen LogP contribution in [0.25, 0.3) is 0 Å². The Bertz CT molecular complexity index is 314. The first-order valence-corrected chi connectivity index (χ1v) is 3.85. The van der Waals surface area contributed by atoms with Crippen LogP contribution in [0.4, 0.5) is 4.39 Å². The largest absolute Gasteiger partial charge is 0.483 e. The molecular formula is C9H11FN2O. The van der Waals surface area contributed by atoms with Crippen LogP contribution >= 0.6 is 0 Å². The van der Waals surface area contributed by atoms with Gasteiger partial charge in [0.05, 0.1) is 0 Å². The Balaban J connectivity index is 2.69. The number of hydrogen-bond donors (Lipinski definition) is 2. The maximum Gasteiger partial charge on any atom is 0.152 e. The number of nitrogens with one attached hydrogen (secondary N) is 1. The SMILES string of the molecule is CC(Oc1cccc(F)c1)C(=N)N. The third kappa shape index (κ3) is 2.74. The predicted molar refractivity (Wildman–Crippen MR) is 48.4 cm³/mol. The van der Waals surface area contributed by atoms with E-state index in [1.54, 1.807) is 13.0 Å². The van der Waals surface area contributed by atoms with Crippen molar-refractivity contribution in [3.05, 3.63) is 30.1 Å². The monoisotopic (exact) mass is 182 g/mol. The van der Waals surface area contributed by atoms with Crippen molar-refractivity contribution in [2.75, 3.05) is 0 Å². The van der Waals surface area contributed by atoms with Crippen LogP contribution in [0.1, 0.15) is 6.92 Å². The Morgan fingerprint density at radius 1 is 1.62 bits per heavy atom. The normalized spacial score (nSPS) is 12.2. The molecule has 0 bridgehead atoms. The van der Waals surface area contributed by atoms with Crippen LogP contribution in [0, 0.1) is 11.2 Å². The summed E-state index contributed by atoms with van der Waals surface area (Å²) in [5, 5.41) is 7.06. The molecule has 0 saturated heterocycles. The second-order valence-corrected chi connectivity index (χ2v) is 2.67. The van der Waals surface area contributed by atoms with Gasteiger partial charge in [-0.05, 0) is 19.1 Å². The number of nitrogens with two attached hydrogens (primary N) is 1. The van der Waals surface area contributed by atoms with Gasteiger partial charge in [0.1, 0.15) is 17.4 Å². The van der Waals surface area contributed by atoms with E-state index in [0.717, 1.165) is 0 Å². The van der Waals surface area contributed by atoms with E-state index in [4.69, 9.17) is 15.9 Å². The molecule has 70 valence electrons. The maximum atomic E-state index is 12.7. The van der Waals surface area contributed by atoms with Crippen LogP contribution in [0.5, 0.6) is 5.75 Å². The van der Waals surface area contributed by atoms with Crippen molar-refractivity contribution in [1.82, 2.24) is 0 Å². The van der Waals surface area contributed by atoms with Crippen molar-refractivity contribution < 1.29 is 9.13 Å². The lowest BCUT2D eigenvalue weighted by Gasteiger charge is -2.12. The summed E-state index contributed by atoms with van der Waals surface area (Å²) in [5.74, 6) is -0.0692. The maximum absolute atomic E-state index is 12.7. The van der Waals surface area contributed by atoms with E-state index in [1.165, 1.54) is 18.2 Å². The fourth-order valence-corrected chi connectivity index (χ4v) is 0.808. The topological polar surface area (TPSA) is 59.1 Å². The molecule has 0 heterocycles. The first-order valence-electron chi connectivity index (χ1n) is 3.85. The number of amidine groups is 1. The van der Waals surface area contributed by atoms with E-state index in [2.05, 4.69) is 0 Å². The summed E-state index contributed by atoms with van der Waals surface area (Å²) in [4.78, 5) is 0. The molecule has 0 aromatic heterocycles. The molecular weight excluding hydrogens is 171 g/mol. The smallest absolute Gasteiger partial charge is 0.152 e. The summed E-state index contributed by atoms with van der Waals surface area (Å²) in [6.45, 7) is 1.63. The zero-order chi connectivity index (χ0) is 9.84. The molecule has 1 unspecified atom stereocenters. The molecule has 0 spiro atoms. The standard InChI is InChI=1S/C9H11FN2O/c1-6(9(11)12)13-8-4-2-3-7(10)5-8/h2-6H,1H3,(H3,11,12). The number of ether oxygens (including phenoxy) is 1. The lowest BCUT2D eigenvalue weighted by atomic mass is 10.3. The van der Waals surface area contributed by atoms with Crippen molar-refractivity contribution in [2.24, 2.45) is 5.73 Å². The molecule has 0 aliphatic carbocycles. The number of benzene rings is 1.